The second-order valence-electron chi connectivity index (χ2n) is 21.6. The zero-order valence-corrected chi connectivity index (χ0v) is 43.3. The molecule has 1 aromatic heterocycles. The van der Waals surface area contributed by atoms with Crippen LogP contribution >= 0.6 is 0 Å². The molecule has 3 nitrogen and oxygen atoms in total. The van der Waals surface area contributed by atoms with Gasteiger partial charge in [-0.15, -0.1) is 0 Å². The van der Waals surface area contributed by atoms with Crippen molar-refractivity contribution in [1.82, 2.24) is 4.57 Å². The molecular weight excluding hydrogens is 917 g/mol. The zero-order chi connectivity index (χ0) is 49.3. The number of fused-ring (bicyclic) bond motifs is 14. The molecule has 11 aromatic rings. The van der Waals surface area contributed by atoms with Gasteiger partial charge in [0.2, 0.25) is 0 Å². The number of anilines is 6. The van der Waals surface area contributed by atoms with Crippen molar-refractivity contribution in [2.24, 2.45) is 0 Å². The van der Waals surface area contributed by atoms with Crippen LogP contribution in [0.15, 0.2) is 212 Å². The molecule has 0 radical (unpaired) electrons. The zero-order valence-electron chi connectivity index (χ0n) is 41.3. The minimum absolute atomic E-state index is 0.275. The summed E-state index contributed by atoms with van der Waals surface area (Å²) in [6.07, 6.45) is 0. The number of para-hydroxylation sites is 3. The Morgan fingerprint density at radius 1 is 0.389 bits per heavy atom. The Balaban J connectivity index is 1.16. The Labute approximate surface area is 421 Å². The summed E-state index contributed by atoms with van der Waals surface area (Å²) in [6.45, 7) is 14.2. The third kappa shape index (κ3) is 6.57. The van der Waals surface area contributed by atoms with Crippen LogP contribution in [0.2, 0.25) is 39.3 Å². The summed E-state index contributed by atoms with van der Waals surface area (Å²) < 4.78 is 32.3. The average Bonchev–Trinajstić information content (AvgIpc) is 3.88. The second kappa shape index (κ2) is 16.1. The van der Waals surface area contributed by atoms with Crippen LogP contribution in [0.1, 0.15) is 22.3 Å². The maximum Gasteiger partial charge on any atom is 0.123 e. The molecule has 1 aliphatic heterocycles. The number of hydrogen-bond donors (Lipinski definition) is 0. The fourth-order valence-electron chi connectivity index (χ4n) is 12.0. The molecule has 0 amide bonds. The summed E-state index contributed by atoms with van der Waals surface area (Å²) in [5.41, 5.74) is 15.5. The SMILES string of the molecule is C[Si](C)(C)c1ccc(N(c2ccc(F)cc2)c2ccc3c(c2)C2(c4ccccc4-n4c5ccccc5c5cccc2c54)c2cc(N(c4ccc(F)cc4)c4ccc([Si](C)(C)C)cc4)c4ccccc4c2-3)cc1. The van der Waals surface area contributed by atoms with E-state index in [2.05, 4.69) is 217 Å². The molecule has 1 unspecified atom stereocenters. The van der Waals surface area contributed by atoms with Gasteiger partial charge in [0.15, 0.2) is 0 Å². The lowest BCUT2D eigenvalue weighted by molar-refractivity contribution is 0.627. The molecule has 1 atom stereocenters. The maximum atomic E-state index is 15.0. The van der Waals surface area contributed by atoms with E-state index in [4.69, 9.17) is 0 Å². The van der Waals surface area contributed by atoms with E-state index in [0.717, 1.165) is 56.1 Å². The Kier molecular flexibility index (Phi) is 9.86. The molecule has 13 rings (SSSR count). The first kappa shape index (κ1) is 44.1. The van der Waals surface area contributed by atoms with Crippen molar-refractivity contribution < 1.29 is 8.78 Å². The largest absolute Gasteiger partial charge is 0.310 e. The molecule has 0 bridgehead atoms. The van der Waals surface area contributed by atoms with E-state index >= 15 is 0 Å². The van der Waals surface area contributed by atoms with Crippen LogP contribution in [0.25, 0.3) is 49.4 Å². The summed E-state index contributed by atoms with van der Waals surface area (Å²) in [6, 6.07) is 74.8. The van der Waals surface area contributed by atoms with E-state index in [0.29, 0.717) is 0 Å². The van der Waals surface area contributed by atoms with Crippen molar-refractivity contribution in [2.75, 3.05) is 9.80 Å². The molecule has 2 heterocycles. The van der Waals surface area contributed by atoms with Gasteiger partial charge in [0.1, 0.15) is 11.6 Å². The van der Waals surface area contributed by atoms with Crippen LogP contribution in [-0.2, 0) is 5.41 Å². The lowest BCUT2D eigenvalue weighted by Crippen LogP contribution is -2.37. The van der Waals surface area contributed by atoms with Crippen molar-refractivity contribution >= 4 is 93.2 Å². The van der Waals surface area contributed by atoms with Gasteiger partial charge in [0.25, 0.3) is 0 Å². The van der Waals surface area contributed by atoms with Crippen molar-refractivity contribution in [3.05, 3.63) is 246 Å². The first-order chi connectivity index (χ1) is 34.8. The summed E-state index contributed by atoms with van der Waals surface area (Å²) in [5.74, 6) is -0.552. The normalized spacial score (nSPS) is 14.7. The topological polar surface area (TPSA) is 11.4 Å². The Hall–Kier alpha value is -7.85. The van der Waals surface area contributed by atoms with Crippen molar-refractivity contribution in [1.29, 1.82) is 0 Å². The van der Waals surface area contributed by atoms with E-state index in [1.54, 1.807) is 24.3 Å². The lowest BCUT2D eigenvalue weighted by Gasteiger charge is -2.40. The number of benzene rings is 10. The minimum Gasteiger partial charge on any atom is -0.310 e. The highest BCUT2D eigenvalue weighted by molar-refractivity contribution is 6.89. The number of hydrogen-bond acceptors (Lipinski definition) is 2. The fraction of sp³-hybridized carbons (Fsp3) is 0.108. The maximum absolute atomic E-state index is 15.0. The molecule has 10 aromatic carbocycles. The van der Waals surface area contributed by atoms with E-state index in [1.165, 1.54) is 60.0 Å². The molecule has 1 aliphatic carbocycles. The molecule has 0 fully saturated rings. The monoisotopic (exact) mass is 969 g/mol. The summed E-state index contributed by atoms with van der Waals surface area (Å²) in [4.78, 5) is 4.60. The van der Waals surface area contributed by atoms with E-state index in [9.17, 15) is 8.78 Å². The third-order valence-corrected chi connectivity index (χ3v) is 19.5. The lowest BCUT2D eigenvalue weighted by atomic mass is 9.65. The number of nitrogens with zero attached hydrogens (tertiary/aromatic N) is 3. The van der Waals surface area contributed by atoms with E-state index in [-0.39, 0.29) is 11.6 Å². The molecule has 1 spiro atoms. The Morgan fingerprint density at radius 2 is 0.875 bits per heavy atom. The minimum atomic E-state index is -1.63. The van der Waals surface area contributed by atoms with Crippen LogP contribution in [0, 0.1) is 11.6 Å². The van der Waals surface area contributed by atoms with Crippen LogP contribution in [0.4, 0.5) is 42.9 Å². The molecule has 0 saturated heterocycles. The first-order valence-electron chi connectivity index (χ1n) is 25.0. The van der Waals surface area contributed by atoms with Gasteiger partial charge in [-0.1, -0.05) is 159 Å². The van der Waals surface area contributed by atoms with Gasteiger partial charge in [-0.25, -0.2) is 8.78 Å². The molecule has 0 N–H and O–H groups in total. The van der Waals surface area contributed by atoms with Crippen LogP contribution in [0.3, 0.4) is 0 Å². The van der Waals surface area contributed by atoms with Crippen molar-refractivity contribution in [2.45, 2.75) is 44.7 Å². The predicted molar refractivity (Wildman–Crippen MR) is 304 cm³/mol. The highest BCUT2D eigenvalue weighted by atomic mass is 28.3. The highest BCUT2D eigenvalue weighted by Crippen LogP contribution is 2.64. The number of halogens is 2. The molecule has 72 heavy (non-hydrogen) atoms. The molecule has 350 valence electrons. The average molecular weight is 970 g/mol. The van der Waals surface area contributed by atoms with Gasteiger partial charge in [-0.3, -0.25) is 0 Å². The molecular formula is C65H53F2N3Si2. The summed E-state index contributed by atoms with van der Waals surface area (Å²) in [7, 11) is -3.25. The standard InChI is InChI=1S/C65H53F2N3Si2/c1-71(2,3)49-35-30-45(31-36-49)68(44-26-22-42(66)23-27-44)48-34-39-55-58(40-48)65(56-18-10-12-21-61(56)70-60-20-11-9-15-52(60)54-17-13-19-57(65)64(54)70)59-41-62(51-14-7-8-16-53(51)63(55)59)69(46-28-24-43(67)25-29-46)47-32-37-50(38-33-47)72(4,5)6/h7-41H,1-6H3. The van der Waals surface area contributed by atoms with E-state index in [1.807, 2.05) is 24.3 Å². The highest BCUT2D eigenvalue weighted by Gasteiger charge is 2.52. The van der Waals surface area contributed by atoms with Gasteiger partial charge >= 0.3 is 0 Å². The van der Waals surface area contributed by atoms with Crippen LogP contribution in [0.5, 0.6) is 0 Å². The quantitative estimate of drug-likeness (QED) is 0.141. The predicted octanol–water partition coefficient (Wildman–Crippen LogP) is 16.9. The van der Waals surface area contributed by atoms with Gasteiger partial charge in [0, 0.05) is 44.6 Å². The first-order valence-corrected chi connectivity index (χ1v) is 32.0. The van der Waals surface area contributed by atoms with Crippen LogP contribution in [-0.4, -0.2) is 20.7 Å². The molecule has 7 heteroatoms. The van der Waals surface area contributed by atoms with Gasteiger partial charge in [0.05, 0.1) is 44.0 Å². The van der Waals surface area contributed by atoms with E-state index < -0.39 is 21.6 Å². The number of aromatic nitrogens is 1. The van der Waals surface area contributed by atoms with Gasteiger partial charge in [-0.2, -0.15) is 0 Å². The summed E-state index contributed by atoms with van der Waals surface area (Å²) in [5, 5.41) is 7.39. The van der Waals surface area contributed by atoms with Crippen LogP contribution < -0.4 is 20.2 Å². The van der Waals surface area contributed by atoms with Gasteiger partial charge in [-0.05, 0) is 142 Å². The fourth-order valence-corrected chi connectivity index (χ4v) is 14.4. The Bertz CT molecular complexity index is 3960. The van der Waals surface area contributed by atoms with Crippen molar-refractivity contribution in [3.8, 4) is 16.8 Å². The smallest absolute Gasteiger partial charge is 0.123 e. The van der Waals surface area contributed by atoms with Crippen molar-refractivity contribution in [3.63, 3.8) is 0 Å². The third-order valence-electron chi connectivity index (χ3n) is 15.4. The Morgan fingerprint density at radius 3 is 1.49 bits per heavy atom. The number of rotatable bonds is 8. The summed E-state index contributed by atoms with van der Waals surface area (Å²) >= 11 is 0. The molecule has 2 aliphatic rings. The second-order valence-corrected chi connectivity index (χ2v) is 31.8. The van der Waals surface area contributed by atoms with Gasteiger partial charge < -0.3 is 14.4 Å². The molecule has 0 saturated carbocycles.